The van der Waals surface area contributed by atoms with Gasteiger partial charge in [0.25, 0.3) is 0 Å². The molecule has 1 fully saturated rings. The summed E-state index contributed by atoms with van der Waals surface area (Å²) in [5, 5.41) is 8.53. The van der Waals surface area contributed by atoms with Gasteiger partial charge in [0.15, 0.2) is 6.61 Å². The molecule has 1 aliphatic rings. The molecule has 0 spiro atoms. The van der Waals surface area contributed by atoms with Crippen LogP contribution < -0.4 is 9.46 Å². The molecular weight excluding hydrogens is 324 g/mol. The van der Waals surface area contributed by atoms with Crippen molar-refractivity contribution in [1.82, 2.24) is 9.62 Å². The normalized spacial score (nSPS) is 19.3. The van der Waals surface area contributed by atoms with Crippen molar-refractivity contribution >= 4 is 21.9 Å². The van der Waals surface area contributed by atoms with Crippen LogP contribution in [0.3, 0.4) is 0 Å². The molecule has 1 heterocycles. The van der Waals surface area contributed by atoms with E-state index in [1.807, 2.05) is 0 Å². The maximum Gasteiger partial charge on any atom is 0.341 e. The zero-order chi connectivity index (χ0) is 17.0. The molecule has 0 radical (unpaired) electrons. The summed E-state index contributed by atoms with van der Waals surface area (Å²) in [4.78, 5) is 24.1. The molecule has 1 aromatic carbocycles. The number of likely N-dealkylation sites (N-methyl/N-ethyl adjacent to an activating group) is 1. The monoisotopic (exact) mass is 342 g/mol. The van der Waals surface area contributed by atoms with Crippen molar-refractivity contribution in [2.45, 2.75) is 19.0 Å². The van der Waals surface area contributed by atoms with E-state index in [0.717, 1.165) is 5.56 Å². The summed E-state index contributed by atoms with van der Waals surface area (Å²) in [6.07, 6.45) is 0.271. The lowest BCUT2D eigenvalue weighted by Crippen LogP contribution is -2.42. The summed E-state index contributed by atoms with van der Waals surface area (Å²) in [5.41, 5.74) is 0.823. The highest BCUT2D eigenvalue weighted by atomic mass is 32.2. The fraction of sp³-hybridized carbons (Fsp3) is 0.429. The second kappa shape index (κ2) is 6.97. The van der Waals surface area contributed by atoms with Crippen LogP contribution in [-0.2, 0) is 26.2 Å². The number of carbonyl (C=O) groups is 2. The standard InChI is InChI=1S/C14H18N2O6S/c1-16(14(19)12-6-7-23(20,21)15-12)8-10-2-4-11(5-3-10)22-9-13(17)18/h2-5,12,15H,6-9H2,1H3,(H,17,18). The first-order valence-electron chi connectivity index (χ1n) is 6.95. The Hall–Kier alpha value is -2.13. The number of hydrogen-bond donors (Lipinski definition) is 2. The molecule has 0 bridgehead atoms. The summed E-state index contributed by atoms with van der Waals surface area (Å²) in [7, 11) is -1.73. The van der Waals surface area contributed by atoms with E-state index in [2.05, 4.69) is 4.72 Å². The molecule has 23 heavy (non-hydrogen) atoms. The van der Waals surface area contributed by atoms with Crippen molar-refractivity contribution in [3.8, 4) is 5.75 Å². The molecule has 0 saturated carbocycles. The van der Waals surface area contributed by atoms with E-state index in [4.69, 9.17) is 9.84 Å². The number of carboxylic acids is 1. The number of rotatable bonds is 6. The third-order valence-electron chi connectivity index (χ3n) is 3.38. The first-order chi connectivity index (χ1) is 10.8. The Labute approximate surface area is 134 Å². The van der Waals surface area contributed by atoms with Gasteiger partial charge in [-0.1, -0.05) is 12.1 Å². The first-order valence-corrected chi connectivity index (χ1v) is 8.60. The van der Waals surface area contributed by atoms with Crippen LogP contribution in [-0.4, -0.2) is 55.7 Å². The van der Waals surface area contributed by atoms with Crippen molar-refractivity contribution in [3.63, 3.8) is 0 Å². The number of aliphatic carboxylic acids is 1. The fourth-order valence-corrected chi connectivity index (χ4v) is 3.55. The average molecular weight is 342 g/mol. The van der Waals surface area contributed by atoms with E-state index < -0.39 is 28.6 Å². The molecule has 2 rings (SSSR count). The third-order valence-corrected chi connectivity index (χ3v) is 4.79. The highest BCUT2D eigenvalue weighted by Gasteiger charge is 2.33. The lowest BCUT2D eigenvalue weighted by Gasteiger charge is -2.20. The molecule has 0 aliphatic carbocycles. The number of benzene rings is 1. The molecule has 126 valence electrons. The number of carboxylic acid groups (broad SMARTS) is 1. The van der Waals surface area contributed by atoms with Crippen LogP contribution in [0.15, 0.2) is 24.3 Å². The zero-order valence-electron chi connectivity index (χ0n) is 12.6. The fourth-order valence-electron chi connectivity index (χ4n) is 2.24. The van der Waals surface area contributed by atoms with Crippen LogP contribution in [0, 0.1) is 0 Å². The van der Waals surface area contributed by atoms with Crippen molar-refractivity contribution < 1.29 is 27.9 Å². The Morgan fingerprint density at radius 1 is 1.35 bits per heavy atom. The number of carbonyl (C=O) groups excluding carboxylic acids is 1. The van der Waals surface area contributed by atoms with Crippen LogP contribution in [0.25, 0.3) is 0 Å². The van der Waals surface area contributed by atoms with Gasteiger partial charge in [-0.15, -0.1) is 0 Å². The molecule has 1 unspecified atom stereocenters. The lowest BCUT2D eigenvalue weighted by atomic mass is 10.1. The smallest absolute Gasteiger partial charge is 0.341 e. The van der Waals surface area contributed by atoms with Gasteiger partial charge in [-0.3, -0.25) is 4.79 Å². The quantitative estimate of drug-likeness (QED) is 0.740. The molecule has 2 N–H and O–H groups in total. The van der Waals surface area contributed by atoms with Crippen molar-refractivity contribution in [3.05, 3.63) is 29.8 Å². The van der Waals surface area contributed by atoms with Gasteiger partial charge in [-0.25, -0.2) is 17.9 Å². The van der Waals surface area contributed by atoms with Gasteiger partial charge in [0.2, 0.25) is 15.9 Å². The minimum absolute atomic E-state index is 0.0349. The molecule has 0 aromatic heterocycles. The average Bonchev–Trinajstić information content (AvgIpc) is 2.85. The molecule has 9 heteroatoms. The van der Waals surface area contributed by atoms with Crippen LogP contribution in [0.1, 0.15) is 12.0 Å². The summed E-state index contributed by atoms with van der Waals surface area (Å²) in [5.74, 6) is -0.947. The van der Waals surface area contributed by atoms with Gasteiger partial charge in [-0.05, 0) is 24.1 Å². The van der Waals surface area contributed by atoms with Crippen LogP contribution in [0.2, 0.25) is 0 Å². The molecular formula is C14H18N2O6S. The number of nitrogens with one attached hydrogen (secondary N) is 1. The van der Waals surface area contributed by atoms with E-state index in [9.17, 15) is 18.0 Å². The Morgan fingerprint density at radius 2 is 2.00 bits per heavy atom. The molecule has 1 atom stereocenters. The van der Waals surface area contributed by atoms with Crippen molar-refractivity contribution in [1.29, 1.82) is 0 Å². The Bertz CT molecular complexity index is 686. The van der Waals surface area contributed by atoms with Gasteiger partial charge in [0.1, 0.15) is 11.8 Å². The number of amides is 1. The highest BCUT2D eigenvalue weighted by molar-refractivity contribution is 7.89. The van der Waals surface area contributed by atoms with E-state index in [1.165, 1.54) is 4.90 Å². The van der Waals surface area contributed by atoms with E-state index in [1.54, 1.807) is 31.3 Å². The van der Waals surface area contributed by atoms with E-state index >= 15 is 0 Å². The summed E-state index contributed by atoms with van der Waals surface area (Å²) < 4.78 is 30.0. The van der Waals surface area contributed by atoms with Gasteiger partial charge in [0.05, 0.1) is 5.75 Å². The second-order valence-electron chi connectivity index (χ2n) is 5.30. The molecule has 8 nitrogen and oxygen atoms in total. The van der Waals surface area contributed by atoms with Crippen LogP contribution >= 0.6 is 0 Å². The van der Waals surface area contributed by atoms with Crippen LogP contribution in [0.5, 0.6) is 5.75 Å². The molecule has 1 amide bonds. The van der Waals surface area contributed by atoms with Crippen molar-refractivity contribution in [2.24, 2.45) is 0 Å². The van der Waals surface area contributed by atoms with Crippen LogP contribution in [0.4, 0.5) is 0 Å². The van der Waals surface area contributed by atoms with Gasteiger partial charge < -0.3 is 14.7 Å². The zero-order valence-corrected chi connectivity index (χ0v) is 13.4. The lowest BCUT2D eigenvalue weighted by molar-refractivity contribution is -0.139. The van der Waals surface area contributed by atoms with Gasteiger partial charge >= 0.3 is 5.97 Å². The maximum atomic E-state index is 12.2. The Morgan fingerprint density at radius 3 is 2.52 bits per heavy atom. The predicted molar refractivity (Wildman–Crippen MR) is 81.4 cm³/mol. The summed E-state index contributed by atoms with van der Waals surface area (Å²) in [6.45, 7) is -0.101. The van der Waals surface area contributed by atoms with E-state index in [-0.39, 0.29) is 18.1 Å². The highest BCUT2D eigenvalue weighted by Crippen LogP contribution is 2.15. The first kappa shape index (κ1) is 17.2. The molecule has 1 saturated heterocycles. The largest absolute Gasteiger partial charge is 0.482 e. The minimum Gasteiger partial charge on any atom is -0.482 e. The Balaban J connectivity index is 1.91. The predicted octanol–water partition coefficient (Wildman–Crippen LogP) is -0.200. The van der Waals surface area contributed by atoms with Gasteiger partial charge in [-0.2, -0.15) is 0 Å². The number of nitrogens with zero attached hydrogens (tertiary/aromatic N) is 1. The number of ether oxygens (including phenoxy) is 1. The van der Waals surface area contributed by atoms with Gasteiger partial charge in [0, 0.05) is 13.6 Å². The maximum absolute atomic E-state index is 12.2. The second-order valence-corrected chi connectivity index (χ2v) is 7.17. The topological polar surface area (TPSA) is 113 Å². The number of sulfonamides is 1. The van der Waals surface area contributed by atoms with E-state index in [0.29, 0.717) is 12.3 Å². The third kappa shape index (κ3) is 4.93. The summed E-state index contributed by atoms with van der Waals surface area (Å²) in [6, 6.07) is 5.98. The number of hydrogen-bond acceptors (Lipinski definition) is 5. The molecule has 1 aromatic rings. The minimum atomic E-state index is -3.33. The summed E-state index contributed by atoms with van der Waals surface area (Å²) >= 11 is 0. The SMILES string of the molecule is CN(Cc1ccc(OCC(=O)O)cc1)C(=O)C1CCS(=O)(=O)N1. The molecule has 1 aliphatic heterocycles. The Kier molecular flexibility index (Phi) is 5.22. The van der Waals surface area contributed by atoms with Crippen molar-refractivity contribution in [2.75, 3.05) is 19.4 Å².